The smallest absolute Gasteiger partial charge is 0.492 e. The third kappa shape index (κ3) is 6.06. The maximum absolute atomic E-state index is 13.5. The number of nitrogens with one attached hydrogen (secondary N) is 1. The van der Waals surface area contributed by atoms with Crippen molar-refractivity contribution >= 4 is 28.6 Å². The average molecular weight is 525 g/mol. The van der Waals surface area contributed by atoms with E-state index in [1.54, 1.807) is 26.8 Å². The van der Waals surface area contributed by atoms with E-state index >= 15 is 0 Å². The van der Waals surface area contributed by atoms with Gasteiger partial charge in [-0.3, -0.25) is 0 Å². The molecule has 1 saturated carbocycles. The molecular formula is C23H32ClF3N2O4S. The van der Waals surface area contributed by atoms with Crippen LogP contribution in [0.1, 0.15) is 76.0 Å². The van der Waals surface area contributed by atoms with E-state index in [-0.39, 0.29) is 5.92 Å². The molecule has 0 amide bonds. The third-order valence-corrected chi connectivity index (χ3v) is 8.37. The fourth-order valence-corrected chi connectivity index (χ4v) is 5.81. The molecule has 34 heavy (non-hydrogen) atoms. The van der Waals surface area contributed by atoms with Gasteiger partial charge in [-0.05, 0) is 93.5 Å². The number of hydrogen-bond donors (Lipinski definition) is 1. The van der Waals surface area contributed by atoms with Crippen LogP contribution in [0.4, 0.5) is 13.2 Å². The lowest BCUT2D eigenvalue weighted by molar-refractivity contribution is -0.229. The average Bonchev–Trinajstić information content (AvgIpc) is 2.72. The highest BCUT2D eigenvalue weighted by Crippen LogP contribution is 2.47. The molecule has 0 radical (unpaired) electrons. The van der Waals surface area contributed by atoms with Gasteiger partial charge in [-0.2, -0.15) is 13.2 Å². The number of rotatable bonds is 7. The van der Waals surface area contributed by atoms with Crippen LogP contribution >= 0.6 is 11.6 Å². The quantitative estimate of drug-likeness (QED) is 0.481. The van der Waals surface area contributed by atoms with Gasteiger partial charge in [0.25, 0.3) is 0 Å². The summed E-state index contributed by atoms with van der Waals surface area (Å²) in [5, 5.41) is 3.70. The van der Waals surface area contributed by atoms with Crippen LogP contribution in [-0.4, -0.2) is 45.8 Å². The van der Waals surface area contributed by atoms with Crippen LogP contribution in [0.15, 0.2) is 12.1 Å². The number of hydrogen-bond acceptors (Lipinski definition) is 5. The first kappa shape index (κ1) is 27.2. The van der Waals surface area contributed by atoms with Gasteiger partial charge in [0, 0.05) is 10.6 Å². The molecule has 2 fully saturated rings. The molecule has 2 aliphatic rings. The SMILES string of the molecule is COc1cc(C2CCC2)c(Cl)cc1[C@@H](C1CCNCC1)N(OC(=O)C(F)(F)F)S(=O)C(C)(C)C. The van der Waals surface area contributed by atoms with Crippen LogP contribution in [0.5, 0.6) is 5.75 Å². The number of ether oxygens (including phenoxy) is 1. The third-order valence-electron chi connectivity index (χ3n) is 6.36. The van der Waals surface area contributed by atoms with Gasteiger partial charge in [-0.25, -0.2) is 9.00 Å². The minimum Gasteiger partial charge on any atom is -0.496 e. The second-order valence-corrected chi connectivity index (χ2v) is 12.3. The Labute approximate surface area is 206 Å². The first-order valence-corrected chi connectivity index (χ1v) is 12.9. The van der Waals surface area contributed by atoms with Gasteiger partial charge in [0.2, 0.25) is 0 Å². The van der Waals surface area contributed by atoms with Crippen LogP contribution in [-0.2, 0) is 20.6 Å². The van der Waals surface area contributed by atoms with Gasteiger partial charge in [0.15, 0.2) is 0 Å². The summed E-state index contributed by atoms with van der Waals surface area (Å²) in [5.41, 5.74) is 1.38. The summed E-state index contributed by atoms with van der Waals surface area (Å²) in [6.45, 7) is 6.09. The summed E-state index contributed by atoms with van der Waals surface area (Å²) in [5.74, 6) is -1.95. The van der Waals surface area contributed by atoms with E-state index in [1.807, 2.05) is 6.07 Å². The van der Waals surface area contributed by atoms with Crippen molar-refractivity contribution in [3.63, 3.8) is 0 Å². The van der Waals surface area contributed by atoms with E-state index in [4.69, 9.17) is 21.2 Å². The summed E-state index contributed by atoms with van der Waals surface area (Å²) in [6.07, 6.45) is -0.968. The van der Waals surface area contributed by atoms with E-state index in [2.05, 4.69) is 5.32 Å². The zero-order valence-electron chi connectivity index (χ0n) is 19.8. The Morgan fingerprint density at radius 1 is 1.18 bits per heavy atom. The number of hydroxylamine groups is 1. The van der Waals surface area contributed by atoms with Crippen molar-refractivity contribution in [3.05, 3.63) is 28.3 Å². The van der Waals surface area contributed by atoms with Gasteiger partial charge >= 0.3 is 12.1 Å². The zero-order valence-corrected chi connectivity index (χ0v) is 21.4. The topological polar surface area (TPSA) is 67.9 Å². The van der Waals surface area contributed by atoms with Crippen molar-refractivity contribution in [3.8, 4) is 5.75 Å². The van der Waals surface area contributed by atoms with Crippen LogP contribution in [0.25, 0.3) is 0 Å². The molecule has 192 valence electrons. The highest BCUT2D eigenvalue weighted by molar-refractivity contribution is 7.83. The number of halogens is 4. The van der Waals surface area contributed by atoms with Gasteiger partial charge in [0.1, 0.15) is 16.7 Å². The van der Waals surface area contributed by atoms with Crippen molar-refractivity contribution in [2.45, 2.75) is 75.8 Å². The molecule has 1 aromatic rings. The predicted octanol–water partition coefficient (Wildman–Crippen LogP) is 5.44. The molecule has 6 nitrogen and oxygen atoms in total. The fraction of sp³-hybridized carbons (Fsp3) is 0.696. The molecule has 3 rings (SSSR count). The summed E-state index contributed by atoms with van der Waals surface area (Å²) < 4.78 is 58.5. The number of carbonyl (C=O) groups excluding carboxylic acids is 1. The van der Waals surface area contributed by atoms with Gasteiger partial charge in [0.05, 0.1) is 17.9 Å². The molecule has 0 aromatic heterocycles. The normalized spacial score (nSPS) is 20.0. The summed E-state index contributed by atoms with van der Waals surface area (Å²) in [7, 11) is -0.637. The zero-order chi connectivity index (χ0) is 25.3. The molecule has 0 spiro atoms. The second-order valence-electron chi connectivity index (χ2n) is 9.80. The van der Waals surface area contributed by atoms with E-state index < -0.39 is 33.9 Å². The van der Waals surface area contributed by atoms with Gasteiger partial charge < -0.3 is 14.9 Å². The minimum atomic E-state index is -5.24. The van der Waals surface area contributed by atoms with Crippen LogP contribution in [0, 0.1) is 5.92 Å². The Hall–Kier alpha value is -1.36. The van der Waals surface area contributed by atoms with Gasteiger partial charge in [-0.1, -0.05) is 18.0 Å². The molecule has 1 aliphatic carbocycles. The Morgan fingerprint density at radius 2 is 1.79 bits per heavy atom. The highest BCUT2D eigenvalue weighted by atomic mass is 35.5. The molecule has 1 saturated heterocycles. The second kappa shape index (κ2) is 10.7. The predicted molar refractivity (Wildman–Crippen MR) is 125 cm³/mol. The number of carbonyl (C=O) groups is 1. The van der Waals surface area contributed by atoms with Crippen LogP contribution in [0.3, 0.4) is 0 Å². The van der Waals surface area contributed by atoms with Crippen molar-refractivity contribution < 1.29 is 31.7 Å². The molecule has 11 heteroatoms. The Kier molecular flexibility index (Phi) is 8.59. The molecule has 2 atom stereocenters. The van der Waals surface area contributed by atoms with Crippen molar-refractivity contribution in [1.29, 1.82) is 0 Å². The van der Waals surface area contributed by atoms with Crippen LogP contribution in [0.2, 0.25) is 5.02 Å². The van der Waals surface area contributed by atoms with E-state index in [0.717, 1.165) is 29.3 Å². The molecule has 0 bridgehead atoms. The first-order valence-electron chi connectivity index (χ1n) is 11.4. The first-order chi connectivity index (χ1) is 15.8. The van der Waals surface area contributed by atoms with Crippen LogP contribution < -0.4 is 10.1 Å². The summed E-state index contributed by atoms with van der Waals surface area (Å²) in [6, 6.07) is 2.55. The van der Waals surface area contributed by atoms with Crippen molar-refractivity contribution in [1.82, 2.24) is 9.79 Å². The molecule has 1 N–H and O–H groups in total. The molecule has 1 unspecified atom stereocenters. The molecule has 1 heterocycles. The number of alkyl halides is 3. The Bertz CT molecular complexity index is 913. The standard InChI is InChI=1S/C23H32ClF3N2O4S/c1-22(2,3)34(31)29(33-21(30)23(25,26)27)20(15-8-10-28-11-9-15)17-12-18(24)16(13-19(17)32-4)14-6-5-7-14/h12-15,20,28H,5-11H2,1-4H3/t20-,34?/m1/s1. The Balaban J connectivity index is 2.15. The van der Waals surface area contributed by atoms with Crippen molar-refractivity contribution in [2.24, 2.45) is 5.92 Å². The monoisotopic (exact) mass is 524 g/mol. The number of benzene rings is 1. The molecule has 1 aliphatic heterocycles. The maximum Gasteiger partial charge on any atom is 0.492 e. The Morgan fingerprint density at radius 3 is 2.26 bits per heavy atom. The highest BCUT2D eigenvalue weighted by Gasteiger charge is 2.48. The number of nitrogens with zero attached hydrogens (tertiary/aromatic N) is 1. The number of methoxy groups -OCH3 is 1. The van der Waals surface area contributed by atoms with Gasteiger partial charge in [-0.15, -0.1) is 0 Å². The lowest BCUT2D eigenvalue weighted by Gasteiger charge is -2.39. The minimum absolute atomic E-state index is 0.256. The maximum atomic E-state index is 13.5. The molecule has 1 aromatic carbocycles. The summed E-state index contributed by atoms with van der Waals surface area (Å²) in [4.78, 5) is 16.8. The van der Waals surface area contributed by atoms with Crippen molar-refractivity contribution in [2.75, 3.05) is 20.2 Å². The number of piperidine rings is 1. The molecular weight excluding hydrogens is 493 g/mol. The fourth-order valence-electron chi connectivity index (χ4n) is 4.32. The lowest BCUT2D eigenvalue weighted by atomic mass is 9.78. The largest absolute Gasteiger partial charge is 0.496 e. The lowest BCUT2D eigenvalue weighted by Crippen LogP contribution is -2.47. The summed E-state index contributed by atoms with van der Waals surface area (Å²) >= 11 is 6.65. The van der Waals surface area contributed by atoms with E-state index in [1.165, 1.54) is 7.11 Å². The van der Waals surface area contributed by atoms with E-state index in [0.29, 0.717) is 48.2 Å². The van der Waals surface area contributed by atoms with E-state index in [9.17, 15) is 22.2 Å².